The second kappa shape index (κ2) is 6.52. The number of unbranched alkanes of at least 4 members (excludes halogenated alkanes) is 2. The summed E-state index contributed by atoms with van der Waals surface area (Å²) in [6.07, 6.45) is 3.09. The molecule has 18 heavy (non-hydrogen) atoms. The summed E-state index contributed by atoms with van der Waals surface area (Å²) in [5.74, 6) is -1.20. The van der Waals surface area contributed by atoms with E-state index in [9.17, 15) is 13.2 Å². The second-order valence-corrected chi connectivity index (χ2v) is 7.30. The normalized spacial score (nSPS) is 26.1. The number of carboxylic acid groups (broad SMARTS) is 1. The Kier molecular flexibility index (Phi) is 5.59. The first-order chi connectivity index (χ1) is 8.36. The third-order valence-corrected chi connectivity index (χ3v) is 5.26. The van der Waals surface area contributed by atoms with Crippen LogP contribution in [0.1, 0.15) is 39.5 Å². The second-order valence-electron chi connectivity index (χ2n) is 5.22. The number of piperidine rings is 1. The lowest BCUT2D eigenvalue weighted by molar-refractivity contribution is -0.143. The lowest BCUT2D eigenvalue weighted by Crippen LogP contribution is -2.46. The Balaban J connectivity index is 2.66. The average Bonchev–Trinajstić information content (AvgIpc) is 2.28. The summed E-state index contributed by atoms with van der Waals surface area (Å²) >= 11 is 0. The van der Waals surface area contributed by atoms with Gasteiger partial charge in [0.15, 0.2) is 0 Å². The molecule has 2 unspecified atom stereocenters. The van der Waals surface area contributed by atoms with Gasteiger partial charge >= 0.3 is 5.97 Å². The standard InChI is InChI=1S/C12H23NO4S/c1-3-4-5-6-18(16,17)13-8-10(2)7-11(9-13)12(14)15/h10-11H,3-9H2,1-2H3,(H,14,15). The molecule has 6 heteroatoms. The maximum absolute atomic E-state index is 12.1. The van der Waals surface area contributed by atoms with Crippen molar-refractivity contribution in [2.75, 3.05) is 18.8 Å². The van der Waals surface area contributed by atoms with Gasteiger partial charge in [0.25, 0.3) is 0 Å². The van der Waals surface area contributed by atoms with Crippen LogP contribution < -0.4 is 0 Å². The predicted molar refractivity (Wildman–Crippen MR) is 69.8 cm³/mol. The number of rotatable bonds is 6. The van der Waals surface area contributed by atoms with E-state index in [0.717, 1.165) is 12.8 Å². The predicted octanol–water partition coefficient (Wildman–Crippen LogP) is 1.55. The average molecular weight is 277 g/mol. The lowest BCUT2D eigenvalue weighted by atomic mass is 9.92. The molecular weight excluding hydrogens is 254 g/mol. The van der Waals surface area contributed by atoms with Gasteiger partial charge < -0.3 is 5.11 Å². The molecule has 1 N–H and O–H groups in total. The first kappa shape index (κ1) is 15.4. The lowest BCUT2D eigenvalue weighted by Gasteiger charge is -2.33. The van der Waals surface area contributed by atoms with Crippen molar-refractivity contribution in [3.8, 4) is 0 Å². The van der Waals surface area contributed by atoms with Gasteiger partial charge in [0.05, 0.1) is 11.7 Å². The Labute approximate surface area is 109 Å². The fourth-order valence-corrected chi connectivity index (χ4v) is 4.09. The first-order valence-electron chi connectivity index (χ1n) is 6.57. The highest BCUT2D eigenvalue weighted by atomic mass is 32.2. The molecule has 0 spiro atoms. The van der Waals surface area contributed by atoms with Gasteiger partial charge in [-0.2, -0.15) is 0 Å². The van der Waals surface area contributed by atoms with E-state index in [1.165, 1.54) is 4.31 Å². The Bertz CT molecular complexity index is 380. The van der Waals surface area contributed by atoms with Gasteiger partial charge in [-0.15, -0.1) is 0 Å². The maximum atomic E-state index is 12.1. The zero-order chi connectivity index (χ0) is 13.8. The van der Waals surface area contributed by atoms with E-state index in [1.807, 2.05) is 13.8 Å². The SMILES string of the molecule is CCCCCS(=O)(=O)N1CC(C)CC(C(=O)O)C1. The minimum Gasteiger partial charge on any atom is -0.481 e. The quantitative estimate of drug-likeness (QED) is 0.747. The van der Waals surface area contributed by atoms with Crippen LogP contribution in [0.15, 0.2) is 0 Å². The summed E-state index contributed by atoms with van der Waals surface area (Å²) < 4.78 is 25.6. The third-order valence-electron chi connectivity index (χ3n) is 3.37. The van der Waals surface area contributed by atoms with E-state index >= 15 is 0 Å². The van der Waals surface area contributed by atoms with E-state index < -0.39 is 21.9 Å². The van der Waals surface area contributed by atoms with E-state index in [4.69, 9.17) is 5.11 Å². The molecule has 0 radical (unpaired) electrons. The molecule has 0 aromatic carbocycles. The van der Waals surface area contributed by atoms with Crippen molar-refractivity contribution in [2.24, 2.45) is 11.8 Å². The summed E-state index contributed by atoms with van der Waals surface area (Å²) in [7, 11) is -3.28. The molecule has 1 aliphatic heterocycles. The number of aliphatic carboxylic acids is 1. The van der Waals surface area contributed by atoms with Crippen molar-refractivity contribution in [3.05, 3.63) is 0 Å². The molecule has 0 saturated carbocycles. The van der Waals surface area contributed by atoms with Gasteiger partial charge in [-0.1, -0.05) is 26.7 Å². The molecule has 1 fully saturated rings. The number of nitrogens with zero attached hydrogens (tertiary/aromatic N) is 1. The molecule has 0 aromatic rings. The summed E-state index contributed by atoms with van der Waals surface area (Å²) in [5, 5.41) is 9.03. The monoisotopic (exact) mass is 277 g/mol. The zero-order valence-corrected chi connectivity index (χ0v) is 11.9. The molecule has 5 nitrogen and oxygen atoms in total. The minimum absolute atomic E-state index is 0.112. The van der Waals surface area contributed by atoms with Gasteiger partial charge in [0.1, 0.15) is 0 Å². The fourth-order valence-electron chi connectivity index (χ4n) is 2.37. The molecule has 2 atom stereocenters. The van der Waals surface area contributed by atoms with Crippen molar-refractivity contribution in [3.63, 3.8) is 0 Å². The topological polar surface area (TPSA) is 74.7 Å². The number of carbonyl (C=O) groups is 1. The maximum Gasteiger partial charge on any atom is 0.307 e. The van der Waals surface area contributed by atoms with Gasteiger partial charge in [-0.3, -0.25) is 4.79 Å². The largest absolute Gasteiger partial charge is 0.481 e. The highest BCUT2D eigenvalue weighted by Gasteiger charge is 2.34. The van der Waals surface area contributed by atoms with Gasteiger partial charge in [0, 0.05) is 13.1 Å². The van der Waals surface area contributed by atoms with Crippen LogP contribution in [-0.4, -0.2) is 42.6 Å². The highest BCUT2D eigenvalue weighted by molar-refractivity contribution is 7.89. The summed E-state index contributed by atoms with van der Waals surface area (Å²) in [5.41, 5.74) is 0. The Morgan fingerprint density at radius 3 is 2.56 bits per heavy atom. The molecule has 1 heterocycles. The molecule has 106 valence electrons. The van der Waals surface area contributed by atoms with Crippen LogP contribution >= 0.6 is 0 Å². The van der Waals surface area contributed by atoms with E-state index in [2.05, 4.69) is 0 Å². The number of hydrogen-bond donors (Lipinski definition) is 1. The molecule has 1 saturated heterocycles. The number of carboxylic acids is 1. The van der Waals surface area contributed by atoms with Crippen LogP contribution in [0, 0.1) is 11.8 Å². The van der Waals surface area contributed by atoms with Crippen LogP contribution in [0.2, 0.25) is 0 Å². The Morgan fingerprint density at radius 2 is 2.00 bits per heavy atom. The van der Waals surface area contributed by atoms with Crippen LogP contribution in [0.4, 0.5) is 0 Å². The molecule has 0 amide bonds. The Morgan fingerprint density at radius 1 is 1.33 bits per heavy atom. The zero-order valence-electron chi connectivity index (χ0n) is 11.1. The molecule has 1 aliphatic rings. The van der Waals surface area contributed by atoms with Crippen LogP contribution in [-0.2, 0) is 14.8 Å². The molecule has 0 bridgehead atoms. The first-order valence-corrected chi connectivity index (χ1v) is 8.18. The van der Waals surface area contributed by atoms with Crippen molar-refractivity contribution < 1.29 is 18.3 Å². The number of hydrogen-bond acceptors (Lipinski definition) is 3. The van der Waals surface area contributed by atoms with Crippen molar-refractivity contribution in [2.45, 2.75) is 39.5 Å². The highest BCUT2D eigenvalue weighted by Crippen LogP contribution is 2.24. The van der Waals surface area contributed by atoms with Gasteiger partial charge in [-0.05, 0) is 18.8 Å². The van der Waals surface area contributed by atoms with Crippen LogP contribution in [0.3, 0.4) is 0 Å². The van der Waals surface area contributed by atoms with E-state index in [1.54, 1.807) is 0 Å². The molecular formula is C12H23NO4S. The van der Waals surface area contributed by atoms with Crippen LogP contribution in [0.25, 0.3) is 0 Å². The summed E-state index contributed by atoms with van der Waals surface area (Å²) in [4.78, 5) is 11.0. The van der Waals surface area contributed by atoms with E-state index in [0.29, 0.717) is 19.4 Å². The molecule has 0 aromatic heterocycles. The van der Waals surface area contributed by atoms with Gasteiger partial charge in [0.2, 0.25) is 10.0 Å². The Hall–Kier alpha value is -0.620. The molecule has 0 aliphatic carbocycles. The molecule has 1 rings (SSSR count). The van der Waals surface area contributed by atoms with Crippen molar-refractivity contribution in [1.82, 2.24) is 4.31 Å². The summed E-state index contributed by atoms with van der Waals surface area (Å²) in [6, 6.07) is 0. The minimum atomic E-state index is -3.28. The third kappa shape index (κ3) is 4.24. The number of sulfonamides is 1. The van der Waals surface area contributed by atoms with Crippen LogP contribution in [0.5, 0.6) is 0 Å². The van der Waals surface area contributed by atoms with Crippen molar-refractivity contribution in [1.29, 1.82) is 0 Å². The summed E-state index contributed by atoms with van der Waals surface area (Å²) in [6.45, 7) is 4.52. The van der Waals surface area contributed by atoms with Gasteiger partial charge in [-0.25, -0.2) is 12.7 Å². The smallest absolute Gasteiger partial charge is 0.307 e. The fraction of sp³-hybridized carbons (Fsp3) is 0.917. The van der Waals surface area contributed by atoms with Crippen molar-refractivity contribution >= 4 is 16.0 Å². The van der Waals surface area contributed by atoms with E-state index in [-0.39, 0.29) is 18.2 Å².